The quantitative estimate of drug-likeness (QED) is 0.591. The highest BCUT2D eigenvalue weighted by molar-refractivity contribution is 7.82. The highest BCUT2D eigenvalue weighted by Gasteiger charge is 2.32. The van der Waals surface area contributed by atoms with Crippen molar-refractivity contribution in [1.82, 2.24) is 4.31 Å². The zero-order chi connectivity index (χ0) is 18.8. The van der Waals surface area contributed by atoms with Crippen LogP contribution in [0, 0.1) is 10.1 Å². The lowest BCUT2D eigenvalue weighted by Crippen LogP contribution is -2.35. The second-order valence-electron chi connectivity index (χ2n) is 5.97. The third kappa shape index (κ3) is 3.30. The van der Waals surface area contributed by atoms with Crippen molar-refractivity contribution in [2.45, 2.75) is 24.3 Å². The summed E-state index contributed by atoms with van der Waals surface area (Å²) in [7, 11) is 1.69. The van der Waals surface area contributed by atoms with Crippen LogP contribution in [0.2, 0.25) is 0 Å². The van der Waals surface area contributed by atoms with Gasteiger partial charge in [0.1, 0.15) is 22.5 Å². The molecule has 0 bridgehead atoms. The van der Waals surface area contributed by atoms with Gasteiger partial charge in [-0.15, -0.1) is 0 Å². The number of nitrogens with zero attached hydrogens (tertiary/aromatic N) is 2. The van der Waals surface area contributed by atoms with Gasteiger partial charge in [0.15, 0.2) is 0 Å². The third-order valence-corrected chi connectivity index (χ3v) is 6.13. The van der Waals surface area contributed by atoms with Crippen LogP contribution in [0.25, 0.3) is 0 Å². The van der Waals surface area contributed by atoms with Gasteiger partial charge in [-0.2, -0.15) is 0 Å². The number of rotatable bonds is 5. The highest BCUT2D eigenvalue weighted by Crippen LogP contribution is 2.40. The summed E-state index contributed by atoms with van der Waals surface area (Å²) in [6.45, 7) is 2.53. The fourth-order valence-electron chi connectivity index (χ4n) is 3.26. The lowest BCUT2D eigenvalue weighted by atomic mass is 9.94. The first-order valence-corrected chi connectivity index (χ1v) is 9.24. The molecule has 138 valence electrons. The van der Waals surface area contributed by atoms with Crippen LogP contribution in [0.5, 0.6) is 11.5 Å². The van der Waals surface area contributed by atoms with Crippen molar-refractivity contribution in [1.29, 1.82) is 0 Å². The van der Waals surface area contributed by atoms with Gasteiger partial charge in [-0.1, -0.05) is 6.07 Å². The van der Waals surface area contributed by atoms with Crippen LogP contribution >= 0.6 is 0 Å². The van der Waals surface area contributed by atoms with Crippen LogP contribution in [-0.2, 0) is 17.4 Å². The zero-order valence-corrected chi connectivity index (χ0v) is 15.6. The first-order valence-electron chi connectivity index (χ1n) is 8.14. The van der Waals surface area contributed by atoms with Crippen LogP contribution in [0.3, 0.4) is 0 Å². The number of nitro benzene ring substituents is 1. The van der Waals surface area contributed by atoms with Gasteiger partial charge in [0.2, 0.25) is 0 Å². The lowest BCUT2D eigenvalue weighted by molar-refractivity contribution is -0.385. The van der Waals surface area contributed by atoms with Gasteiger partial charge in [0.05, 0.1) is 24.0 Å². The van der Waals surface area contributed by atoms with E-state index in [0.29, 0.717) is 23.6 Å². The summed E-state index contributed by atoms with van der Waals surface area (Å²) in [5, 5.41) is 11.0. The number of benzene rings is 2. The number of ether oxygens (including phenoxy) is 2. The Labute approximate surface area is 154 Å². The minimum atomic E-state index is -1.51. The Morgan fingerprint density at radius 3 is 2.65 bits per heavy atom. The largest absolute Gasteiger partial charge is 0.497 e. The van der Waals surface area contributed by atoms with E-state index in [-0.39, 0.29) is 11.7 Å². The summed E-state index contributed by atoms with van der Waals surface area (Å²) in [5.74, 6) is 1.41. The molecule has 1 aliphatic rings. The first kappa shape index (κ1) is 18.3. The van der Waals surface area contributed by atoms with E-state index in [0.717, 1.165) is 16.9 Å². The Hall–Kier alpha value is -2.45. The molecule has 2 aromatic rings. The Balaban J connectivity index is 1.96. The first-order chi connectivity index (χ1) is 12.5. The molecule has 0 amide bonds. The topological polar surface area (TPSA) is 81.9 Å². The molecular formula is C18H20N2O5S. The van der Waals surface area contributed by atoms with Crippen molar-refractivity contribution in [3.63, 3.8) is 0 Å². The molecule has 2 atom stereocenters. The second kappa shape index (κ2) is 7.43. The summed E-state index contributed by atoms with van der Waals surface area (Å²) >= 11 is 0. The van der Waals surface area contributed by atoms with E-state index in [2.05, 4.69) is 0 Å². The molecule has 0 aliphatic carbocycles. The number of nitro groups is 1. The van der Waals surface area contributed by atoms with Crippen molar-refractivity contribution < 1.29 is 18.6 Å². The molecule has 1 aliphatic heterocycles. The highest BCUT2D eigenvalue weighted by atomic mass is 32.2. The summed E-state index contributed by atoms with van der Waals surface area (Å²) in [5.41, 5.74) is 2.00. The van der Waals surface area contributed by atoms with E-state index < -0.39 is 15.9 Å². The zero-order valence-electron chi connectivity index (χ0n) is 14.8. The fraction of sp³-hybridized carbons (Fsp3) is 0.333. The maximum absolute atomic E-state index is 13.1. The SMILES string of the molecule is COc1cc2c(c(OC)c1)C(C)N(S(=O)c1cccc([N+](=O)[O-])c1)CC2. The predicted octanol–water partition coefficient (Wildman–Crippen LogP) is 3.25. The molecule has 2 aromatic carbocycles. The van der Waals surface area contributed by atoms with Crippen molar-refractivity contribution in [2.24, 2.45) is 0 Å². The van der Waals surface area contributed by atoms with Gasteiger partial charge in [-0.05, 0) is 31.0 Å². The molecule has 8 heteroatoms. The van der Waals surface area contributed by atoms with E-state index in [1.165, 1.54) is 12.1 Å². The van der Waals surface area contributed by atoms with Crippen LogP contribution in [0.1, 0.15) is 24.1 Å². The molecule has 0 aromatic heterocycles. The maximum Gasteiger partial charge on any atom is 0.270 e. The molecule has 1 heterocycles. The summed E-state index contributed by atoms with van der Waals surface area (Å²) < 4.78 is 25.7. The molecule has 0 N–H and O–H groups in total. The minimum absolute atomic E-state index is 0.0665. The molecular weight excluding hydrogens is 356 g/mol. The molecule has 7 nitrogen and oxygen atoms in total. The summed E-state index contributed by atoms with van der Waals surface area (Å²) in [6.07, 6.45) is 0.688. The second-order valence-corrected chi connectivity index (χ2v) is 7.41. The normalized spacial score (nSPS) is 18.0. The number of non-ortho nitro benzene ring substituents is 1. The average Bonchev–Trinajstić information content (AvgIpc) is 2.66. The van der Waals surface area contributed by atoms with Crippen LogP contribution < -0.4 is 9.47 Å². The molecule has 0 spiro atoms. The van der Waals surface area contributed by atoms with Gasteiger partial charge >= 0.3 is 0 Å². The van der Waals surface area contributed by atoms with Crippen molar-refractivity contribution >= 4 is 16.7 Å². The molecule has 2 unspecified atom stereocenters. The number of methoxy groups -OCH3 is 2. The van der Waals surface area contributed by atoms with Gasteiger partial charge in [0.25, 0.3) is 5.69 Å². The number of hydrogen-bond acceptors (Lipinski definition) is 5. The van der Waals surface area contributed by atoms with E-state index in [4.69, 9.17) is 9.47 Å². The van der Waals surface area contributed by atoms with Crippen LogP contribution in [-0.4, -0.2) is 34.2 Å². The van der Waals surface area contributed by atoms with Gasteiger partial charge in [0, 0.05) is 36.3 Å². The summed E-state index contributed by atoms with van der Waals surface area (Å²) in [4.78, 5) is 10.9. The van der Waals surface area contributed by atoms with E-state index in [1.807, 2.05) is 23.4 Å². The van der Waals surface area contributed by atoms with Gasteiger partial charge in [-0.25, -0.2) is 8.51 Å². The Morgan fingerprint density at radius 1 is 1.23 bits per heavy atom. The Bertz CT molecular complexity index is 853. The van der Waals surface area contributed by atoms with E-state index in [9.17, 15) is 14.3 Å². The molecule has 0 saturated carbocycles. The monoisotopic (exact) mass is 376 g/mol. The molecule has 0 saturated heterocycles. The van der Waals surface area contributed by atoms with Crippen molar-refractivity contribution in [2.75, 3.05) is 20.8 Å². The standard InChI is InChI=1S/C18H20N2O5S/c1-12-18-13(9-15(24-2)11-17(18)25-3)7-8-19(12)26(23)16-6-4-5-14(10-16)20(21)22/h4-6,9-12H,7-8H2,1-3H3. The third-order valence-electron chi connectivity index (χ3n) is 4.55. The van der Waals surface area contributed by atoms with Crippen molar-refractivity contribution in [3.8, 4) is 11.5 Å². The smallest absolute Gasteiger partial charge is 0.270 e. The molecule has 26 heavy (non-hydrogen) atoms. The van der Waals surface area contributed by atoms with E-state index in [1.54, 1.807) is 26.4 Å². The summed E-state index contributed by atoms with van der Waals surface area (Å²) in [6, 6.07) is 9.58. The predicted molar refractivity (Wildman–Crippen MR) is 97.9 cm³/mol. The molecule has 0 fully saturated rings. The van der Waals surface area contributed by atoms with Crippen LogP contribution in [0.4, 0.5) is 5.69 Å². The molecule has 0 radical (unpaired) electrons. The maximum atomic E-state index is 13.1. The Morgan fingerprint density at radius 2 is 2.00 bits per heavy atom. The Kier molecular flexibility index (Phi) is 5.24. The lowest BCUT2D eigenvalue weighted by Gasteiger charge is -2.35. The molecule has 3 rings (SSSR count). The number of hydrogen-bond donors (Lipinski definition) is 0. The van der Waals surface area contributed by atoms with E-state index >= 15 is 0 Å². The number of fused-ring (bicyclic) bond motifs is 1. The van der Waals surface area contributed by atoms with Crippen molar-refractivity contribution in [3.05, 3.63) is 57.6 Å². The fourth-order valence-corrected chi connectivity index (χ4v) is 4.60. The van der Waals surface area contributed by atoms with Crippen LogP contribution in [0.15, 0.2) is 41.3 Å². The average molecular weight is 376 g/mol. The van der Waals surface area contributed by atoms with Gasteiger partial charge in [-0.3, -0.25) is 10.1 Å². The minimum Gasteiger partial charge on any atom is -0.497 e. The van der Waals surface area contributed by atoms with Gasteiger partial charge < -0.3 is 9.47 Å².